The van der Waals surface area contributed by atoms with Crippen LogP contribution in [0.3, 0.4) is 0 Å². The van der Waals surface area contributed by atoms with E-state index < -0.39 is 0 Å². The van der Waals surface area contributed by atoms with Crippen molar-refractivity contribution in [2.75, 3.05) is 20.2 Å². The van der Waals surface area contributed by atoms with Crippen LogP contribution in [-0.4, -0.2) is 36.0 Å². The van der Waals surface area contributed by atoms with Crippen LogP contribution in [0.4, 0.5) is 0 Å². The topological polar surface area (TPSA) is 49.8 Å². The third-order valence-electron chi connectivity index (χ3n) is 5.77. The van der Waals surface area contributed by atoms with E-state index in [1.165, 1.54) is 7.11 Å². The van der Waals surface area contributed by atoms with E-state index in [1.807, 2.05) is 0 Å². The van der Waals surface area contributed by atoms with Crippen LogP contribution in [0.25, 0.3) is 0 Å². The highest BCUT2D eigenvalue weighted by Gasteiger charge is 2.34. The standard InChI is InChI=1S/C23H27NO3/c1-27-22-14-20-18(13-21(22)25)12-19(23(20)26)11-16-7-9-24(10-8-16)15-17-5-3-2-4-6-17/h2-6,13-14,16,19,25H,7-12,15H2,1H3/i2D,3D,4D,5D,6D. The molecule has 0 saturated carbocycles. The van der Waals surface area contributed by atoms with Gasteiger partial charge in [-0.2, -0.15) is 0 Å². The molecule has 4 nitrogen and oxygen atoms in total. The largest absolute Gasteiger partial charge is 0.504 e. The smallest absolute Gasteiger partial charge is 0.166 e. The number of hydrogen-bond acceptors (Lipinski definition) is 4. The molecule has 1 heterocycles. The van der Waals surface area contributed by atoms with E-state index in [0.717, 1.165) is 37.9 Å². The zero-order valence-corrected chi connectivity index (χ0v) is 15.5. The number of carbonyl (C=O) groups is 1. The predicted octanol–water partition coefficient (Wildman–Crippen LogP) is 4.06. The average molecular weight is 371 g/mol. The van der Waals surface area contributed by atoms with Crippen molar-refractivity contribution in [2.24, 2.45) is 11.8 Å². The van der Waals surface area contributed by atoms with E-state index in [0.29, 0.717) is 35.8 Å². The number of ether oxygens (including phenoxy) is 1. The lowest BCUT2D eigenvalue weighted by atomic mass is 9.85. The highest BCUT2D eigenvalue weighted by atomic mass is 16.5. The fourth-order valence-electron chi connectivity index (χ4n) is 4.30. The SMILES string of the molecule is [2H]c1c([2H])c([2H])c(CN2CCC(CC3Cc4cc(O)c(OC)cc4C3=O)CC2)c([2H])c1[2H]. The van der Waals surface area contributed by atoms with Crippen molar-refractivity contribution in [1.29, 1.82) is 0 Å². The third kappa shape index (κ3) is 3.86. The van der Waals surface area contributed by atoms with Crippen LogP contribution in [0.2, 0.25) is 0 Å². The molecule has 0 aromatic heterocycles. The second-order valence-electron chi connectivity index (χ2n) is 7.51. The predicted molar refractivity (Wildman–Crippen MR) is 105 cm³/mol. The van der Waals surface area contributed by atoms with Gasteiger partial charge in [-0.25, -0.2) is 0 Å². The first-order chi connectivity index (χ1) is 15.2. The van der Waals surface area contributed by atoms with Gasteiger partial charge in [0.15, 0.2) is 17.3 Å². The van der Waals surface area contributed by atoms with Crippen LogP contribution >= 0.6 is 0 Å². The molecule has 1 aliphatic carbocycles. The Morgan fingerprint density at radius 1 is 1.22 bits per heavy atom. The Bertz CT molecular complexity index is 1040. The number of phenolic OH excluding ortho intramolecular Hbond substituents is 1. The summed E-state index contributed by atoms with van der Waals surface area (Å²) in [5, 5.41) is 10.0. The molecule has 0 bridgehead atoms. The molecule has 0 radical (unpaired) electrons. The van der Waals surface area contributed by atoms with Crippen molar-refractivity contribution < 1.29 is 21.5 Å². The molecule has 1 fully saturated rings. The number of aromatic hydroxyl groups is 1. The molecule has 4 heteroatoms. The normalized spacial score (nSPS) is 23.2. The lowest BCUT2D eigenvalue weighted by Gasteiger charge is -2.32. The molecule has 1 N–H and O–H groups in total. The van der Waals surface area contributed by atoms with Crippen LogP contribution in [0, 0.1) is 11.8 Å². The second kappa shape index (κ2) is 7.73. The Morgan fingerprint density at radius 2 is 1.96 bits per heavy atom. The lowest BCUT2D eigenvalue weighted by molar-refractivity contribution is 0.0895. The monoisotopic (exact) mass is 370 g/mol. The Balaban J connectivity index is 1.37. The van der Waals surface area contributed by atoms with E-state index in [-0.39, 0.29) is 47.7 Å². The van der Waals surface area contributed by atoms with Crippen LogP contribution in [0.15, 0.2) is 42.3 Å². The van der Waals surface area contributed by atoms with E-state index in [1.54, 1.807) is 12.1 Å². The van der Waals surface area contributed by atoms with Crippen molar-refractivity contribution in [3.63, 3.8) is 0 Å². The molecule has 0 spiro atoms. The van der Waals surface area contributed by atoms with E-state index >= 15 is 0 Å². The summed E-state index contributed by atoms with van der Waals surface area (Å²) in [6, 6.07) is 2.05. The molecular formula is C23H27NO3. The maximum Gasteiger partial charge on any atom is 0.166 e. The van der Waals surface area contributed by atoms with Crippen molar-refractivity contribution in [3.8, 4) is 11.5 Å². The van der Waals surface area contributed by atoms with Gasteiger partial charge in [0.25, 0.3) is 0 Å². The fourth-order valence-corrected chi connectivity index (χ4v) is 4.30. The Labute approximate surface area is 167 Å². The maximum absolute atomic E-state index is 12.9. The number of phenols is 1. The molecule has 4 rings (SSSR count). The number of hydrogen-bond donors (Lipinski definition) is 1. The number of fused-ring (bicyclic) bond motifs is 1. The molecule has 2 aliphatic rings. The Hall–Kier alpha value is -2.33. The summed E-state index contributed by atoms with van der Waals surface area (Å²) < 4.78 is 44.8. The van der Waals surface area contributed by atoms with E-state index in [2.05, 4.69) is 4.90 Å². The number of methoxy groups -OCH3 is 1. The summed E-state index contributed by atoms with van der Waals surface area (Å²) in [6.45, 7) is 1.85. The van der Waals surface area contributed by atoms with Gasteiger partial charge in [0, 0.05) is 18.0 Å². The lowest BCUT2D eigenvalue weighted by Crippen LogP contribution is -2.34. The van der Waals surface area contributed by atoms with Gasteiger partial charge in [-0.1, -0.05) is 30.2 Å². The molecule has 1 saturated heterocycles. The molecule has 2 aromatic carbocycles. The number of benzene rings is 2. The summed E-state index contributed by atoms with van der Waals surface area (Å²) in [5.74, 6) is 0.790. The number of nitrogens with zero attached hydrogens (tertiary/aromatic N) is 1. The number of rotatable bonds is 5. The Morgan fingerprint density at radius 3 is 2.67 bits per heavy atom. The fraction of sp³-hybridized carbons (Fsp3) is 0.435. The summed E-state index contributed by atoms with van der Waals surface area (Å²) in [6.07, 6.45) is 3.22. The van der Waals surface area contributed by atoms with Crippen molar-refractivity contribution in [2.45, 2.75) is 32.2 Å². The minimum atomic E-state index is -0.365. The molecule has 142 valence electrons. The van der Waals surface area contributed by atoms with Crippen LogP contribution in [-0.2, 0) is 13.0 Å². The van der Waals surface area contributed by atoms with Crippen molar-refractivity contribution in [3.05, 3.63) is 59.0 Å². The van der Waals surface area contributed by atoms with Gasteiger partial charge in [0.1, 0.15) is 0 Å². The molecule has 1 atom stereocenters. The molecule has 2 aromatic rings. The quantitative estimate of drug-likeness (QED) is 0.862. The van der Waals surface area contributed by atoms with Crippen molar-refractivity contribution in [1.82, 2.24) is 4.90 Å². The Kier molecular flexibility index (Phi) is 3.71. The zero-order valence-electron chi connectivity index (χ0n) is 20.5. The van der Waals surface area contributed by atoms with E-state index in [9.17, 15) is 9.90 Å². The van der Waals surface area contributed by atoms with Crippen LogP contribution in [0.1, 0.15) is 47.6 Å². The third-order valence-corrected chi connectivity index (χ3v) is 5.77. The number of piperidine rings is 1. The summed E-state index contributed by atoms with van der Waals surface area (Å²) >= 11 is 0. The minimum absolute atomic E-state index is 0.0562. The number of Topliss-reactive ketones (excluding diaryl/α,β-unsaturated/α-hetero) is 1. The highest BCUT2D eigenvalue weighted by Crippen LogP contribution is 2.39. The van der Waals surface area contributed by atoms with Gasteiger partial charge < -0.3 is 9.84 Å². The van der Waals surface area contributed by atoms with Gasteiger partial charge in [-0.3, -0.25) is 9.69 Å². The first kappa shape index (κ1) is 12.9. The van der Waals surface area contributed by atoms with Gasteiger partial charge in [0.2, 0.25) is 0 Å². The van der Waals surface area contributed by atoms with Crippen molar-refractivity contribution >= 4 is 5.78 Å². The molecule has 1 unspecified atom stereocenters. The zero-order chi connectivity index (χ0) is 23.2. The van der Waals surface area contributed by atoms with Crippen LogP contribution in [0.5, 0.6) is 11.5 Å². The van der Waals surface area contributed by atoms with E-state index in [4.69, 9.17) is 11.6 Å². The van der Waals surface area contributed by atoms with Crippen LogP contribution < -0.4 is 4.74 Å². The number of carbonyl (C=O) groups excluding carboxylic acids is 1. The average Bonchev–Trinajstić information content (AvgIpc) is 3.08. The number of likely N-dealkylation sites (tertiary alicyclic amines) is 1. The van der Waals surface area contributed by atoms with Gasteiger partial charge in [0.05, 0.1) is 14.0 Å². The number of ketones is 1. The maximum atomic E-state index is 12.9. The first-order valence-electron chi connectivity index (χ1n) is 11.9. The van der Waals surface area contributed by atoms with Gasteiger partial charge in [-0.05, 0) is 68.0 Å². The highest BCUT2D eigenvalue weighted by molar-refractivity contribution is 6.02. The molecule has 27 heavy (non-hydrogen) atoms. The molecule has 0 amide bonds. The minimum Gasteiger partial charge on any atom is -0.504 e. The molecule has 1 aliphatic heterocycles. The van der Waals surface area contributed by atoms with Gasteiger partial charge >= 0.3 is 0 Å². The molecular weight excluding hydrogens is 338 g/mol. The summed E-state index contributed by atoms with van der Waals surface area (Å²) in [7, 11) is 1.47. The summed E-state index contributed by atoms with van der Waals surface area (Å²) in [4.78, 5) is 15.0. The first-order valence-corrected chi connectivity index (χ1v) is 9.43. The second-order valence-corrected chi connectivity index (χ2v) is 7.51. The summed E-state index contributed by atoms with van der Waals surface area (Å²) in [5.41, 5.74) is 1.85. The van der Waals surface area contributed by atoms with Gasteiger partial charge in [-0.15, -0.1) is 0 Å².